The average Bonchev–Trinajstić information content (AvgIpc) is 3.02. The molecular weight excluding hydrogens is 452 g/mol. The average molecular weight is 472 g/mol. The zero-order valence-electron chi connectivity index (χ0n) is 15.8. The second kappa shape index (κ2) is 7.89. The minimum absolute atomic E-state index is 0.108. The van der Waals surface area contributed by atoms with Crippen LogP contribution in [0.15, 0.2) is 0 Å². The Kier molecular flexibility index (Phi) is 7.13. The Balaban J connectivity index is 0.000000304. The smallest absolute Gasteiger partial charge is 0.374 e. The summed E-state index contributed by atoms with van der Waals surface area (Å²) in [6.45, 7) is 3.66. The van der Waals surface area contributed by atoms with Crippen molar-refractivity contribution >= 4 is 0 Å². The van der Waals surface area contributed by atoms with Crippen LogP contribution in [0, 0.1) is 17.8 Å². The van der Waals surface area contributed by atoms with Gasteiger partial charge in [0.15, 0.2) is 0 Å². The Hall–Kier alpha value is -0.920. The molecule has 0 aromatic rings. The van der Waals surface area contributed by atoms with Crippen LogP contribution >= 0.6 is 0 Å². The van der Waals surface area contributed by atoms with Gasteiger partial charge in [-0.3, -0.25) is 0 Å². The van der Waals surface area contributed by atoms with Gasteiger partial charge in [-0.2, -0.15) is 52.7 Å². The standard InChI is InChI=1S/C10H10F6O.C4H4F6O.C2H6/c11-9(12,13)8(10(14,15)16)6-4-1-2-5(3-4)7(6)17-8;1-2(11,3(5,6)7)4(8,9)10;1-2/h4-7H,1-3H2;11H,1H3;1-2H3/t4-,5+,6?,7?;;/m0../s1. The minimum atomic E-state index is -5.69. The summed E-state index contributed by atoms with van der Waals surface area (Å²) in [4.78, 5) is 0. The number of alkyl halides is 12. The van der Waals surface area contributed by atoms with Gasteiger partial charge in [0, 0.05) is 5.92 Å². The van der Waals surface area contributed by atoms with E-state index in [2.05, 4.69) is 4.74 Å². The molecule has 1 heterocycles. The first-order chi connectivity index (χ1) is 13.2. The third kappa shape index (κ3) is 4.09. The monoisotopic (exact) mass is 472 g/mol. The van der Waals surface area contributed by atoms with E-state index in [1.807, 2.05) is 13.8 Å². The van der Waals surface area contributed by atoms with Gasteiger partial charge >= 0.3 is 24.7 Å². The first-order valence-corrected chi connectivity index (χ1v) is 8.85. The van der Waals surface area contributed by atoms with Gasteiger partial charge in [0.25, 0.3) is 11.2 Å². The van der Waals surface area contributed by atoms with E-state index >= 15 is 0 Å². The molecule has 0 spiro atoms. The van der Waals surface area contributed by atoms with Gasteiger partial charge in [-0.05, 0) is 38.0 Å². The summed E-state index contributed by atoms with van der Waals surface area (Å²) in [6.07, 6.45) is -21.4. The van der Waals surface area contributed by atoms with Gasteiger partial charge in [-0.15, -0.1) is 0 Å². The second-order valence-electron chi connectivity index (χ2n) is 7.24. The van der Waals surface area contributed by atoms with Crippen molar-refractivity contribution in [2.75, 3.05) is 0 Å². The van der Waals surface area contributed by atoms with E-state index in [0.717, 1.165) is 0 Å². The third-order valence-corrected chi connectivity index (χ3v) is 5.58. The summed E-state index contributed by atoms with van der Waals surface area (Å²) in [5.74, 6) is -2.01. The lowest BCUT2D eigenvalue weighted by atomic mass is 9.68. The zero-order chi connectivity index (χ0) is 24.1. The minimum Gasteiger partial charge on any atom is -0.374 e. The van der Waals surface area contributed by atoms with E-state index < -0.39 is 53.8 Å². The second-order valence-corrected chi connectivity index (χ2v) is 7.24. The molecule has 0 aromatic heterocycles. The van der Waals surface area contributed by atoms with Crippen molar-refractivity contribution in [3.05, 3.63) is 0 Å². The number of hydrogen-bond donors (Lipinski definition) is 1. The maximum absolute atomic E-state index is 12.8. The van der Waals surface area contributed by atoms with Crippen molar-refractivity contribution in [2.24, 2.45) is 17.8 Å². The molecule has 0 radical (unpaired) electrons. The number of rotatable bonds is 0. The molecule has 3 rings (SSSR count). The Morgan fingerprint density at radius 1 is 0.733 bits per heavy atom. The van der Waals surface area contributed by atoms with Gasteiger partial charge in [-0.1, -0.05) is 13.8 Å². The Labute approximate surface area is 163 Å². The summed E-state index contributed by atoms with van der Waals surface area (Å²) in [7, 11) is 0. The van der Waals surface area contributed by atoms with Gasteiger partial charge in [-0.25, -0.2) is 0 Å². The van der Waals surface area contributed by atoms with Crippen molar-refractivity contribution in [1.82, 2.24) is 0 Å². The van der Waals surface area contributed by atoms with E-state index in [4.69, 9.17) is 5.11 Å². The van der Waals surface area contributed by atoms with Gasteiger partial charge in [0.05, 0.1) is 6.10 Å². The van der Waals surface area contributed by atoms with E-state index in [0.29, 0.717) is 19.3 Å². The van der Waals surface area contributed by atoms with Crippen LogP contribution in [0.5, 0.6) is 0 Å². The predicted molar refractivity (Wildman–Crippen MR) is 78.1 cm³/mol. The maximum atomic E-state index is 12.8. The molecule has 1 saturated heterocycles. The van der Waals surface area contributed by atoms with Crippen LogP contribution in [0.1, 0.15) is 40.0 Å². The molecular formula is C16H20F12O2. The van der Waals surface area contributed by atoms with Gasteiger partial charge < -0.3 is 9.84 Å². The summed E-state index contributed by atoms with van der Waals surface area (Å²) in [5, 5.41) is 7.94. The lowest BCUT2D eigenvalue weighted by molar-refractivity contribution is -0.470. The molecule has 180 valence electrons. The van der Waals surface area contributed by atoms with E-state index in [-0.39, 0.29) is 12.8 Å². The quantitative estimate of drug-likeness (QED) is 0.427. The van der Waals surface area contributed by atoms with Gasteiger partial charge in [0.1, 0.15) is 0 Å². The highest BCUT2D eigenvalue weighted by Crippen LogP contribution is 2.69. The fourth-order valence-corrected chi connectivity index (χ4v) is 4.03. The molecule has 3 fully saturated rings. The normalized spacial score (nSPS) is 30.4. The largest absolute Gasteiger partial charge is 0.426 e. The van der Waals surface area contributed by atoms with E-state index in [9.17, 15) is 52.7 Å². The molecule has 0 amide bonds. The molecule has 1 aliphatic heterocycles. The number of fused-ring (bicyclic) bond motifs is 5. The van der Waals surface area contributed by atoms with Crippen molar-refractivity contribution in [3.8, 4) is 0 Å². The molecule has 0 aromatic carbocycles. The highest BCUT2D eigenvalue weighted by atomic mass is 19.4. The summed E-state index contributed by atoms with van der Waals surface area (Å²) < 4.78 is 149. The number of aliphatic hydroxyl groups is 1. The number of hydrogen-bond acceptors (Lipinski definition) is 2. The van der Waals surface area contributed by atoms with Crippen LogP contribution in [0.25, 0.3) is 0 Å². The summed E-state index contributed by atoms with van der Waals surface area (Å²) >= 11 is 0. The maximum Gasteiger partial charge on any atom is 0.426 e. The molecule has 2 unspecified atom stereocenters. The van der Waals surface area contributed by atoms with Crippen molar-refractivity contribution in [1.29, 1.82) is 0 Å². The van der Waals surface area contributed by atoms with Crippen LogP contribution in [-0.2, 0) is 4.74 Å². The van der Waals surface area contributed by atoms with Crippen LogP contribution in [0.2, 0.25) is 0 Å². The fraction of sp³-hybridized carbons (Fsp3) is 1.00. The highest BCUT2D eigenvalue weighted by Gasteiger charge is 2.86. The van der Waals surface area contributed by atoms with Crippen LogP contribution in [0.4, 0.5) is 52.7 Å². The molecule has 3 aliphatic rings. The lowest BCUT2D eigenvalue weighted by Crippen LogP contribution is -2.75. The summed E-state index contributed by atoms with van der Waals surface area (Å²) in [6, 6.07) is 0. The first-order valence-electron chi connectivity index (χ1n) is 8.85. The molecule has 2 nitrogen and oxygen atoms in total. The topological polar surface area (TPSA) is 29.5 Å². The van der Waals surface area contributed by atoms with E-state index in [1.54, 1.807) is 0 Å². The summed E-state index contributed by atoms with van der Waals surface area (Å²) in [5.41, 5.74) is -8.52. The van der Waals surface area contributed by atoms with Gasteiger partial charge in [0.2, 0.25) is 0 Å². The zero-order valence-corrected chi connectivity index (χ0v) is 15.8. The molecule has 4 atom stereocenters. The van der Waals surface area contributed by atoms with Crippen LogP contribution in [-0.4, -0.2) is 47.1 Å². The lowest BCUT2D eigenvalue weighted by Gasteiger charge is -2.56. The number of ether oxygens (including phenoxy) is 1. The van der Waals surface area contributed by atoms with Crippen molar-refractivity contribution in [3.63, 3.8) is 0 Å². The third-order valence-electron chi connectivity index (χ3n) is 5.58. The van der Waals surface area contributed by atoms with Crippen molar-refractivity contribution in [2.45, 2.75) is 82.0 Å². The Morgan fingerprint density at radius 2 is 1.10 bits per heavy atom. The van der Waals surface area contributed by atoms with Crippen molar-refractivity contribution < 1.29 is 62.5 Å². The molecule has 2 saturated carbocycles. The van der Waals surface area contributed by atoms with Crippen LogP contribution < -0.4 is 0 Å². The first kappa shape index (κ1) is 27.1. The van der Waals surface area contributed by atoms with E-state index in [1.165, 1.54) is 0 Å². The fourth-order valence-electron chi connectivity index (χ4n) is 4.03. The molecule has 1 N–H and O–H groups in total. The highest BCUT2D eigenvalue weighted by molar-refractivity contribution is 5.19. The Morgan fingerprint density at radius 3 is 1.37 bits per heavy atom. The molecule has 14 heteroatoms. The number of halogens is 12. The molecule has 2 bridgehead atoms. The predicted octanol–water partition coefficient (Wildman–Crippen LogP) is 6.18. The Bertz CT molecular complexity index is 555. The molecule has 30 heavy (non-hydrogen) atoms. The SMILES string of the molecule is CC.CC(O)(C(F)(F)F)C(F)(F)F.FC(F)(F)C1(C(F)(F)F)OC2C1[C@H]1CC[C@@H]2C1. The van der Waals surface area contributed by atoms with Crippen LogP contribution in [0.3, 0.4) is 0 Å². The molecule has 2 aliphatic carbocycles.